The van der Waals surface area contributed by atoms with Crippen LogP contribution in [0.5, 0.6) is 0 Å². The fraction of sp³-hybridized carbons (Fsp3) is 0.500. The van der Waals surface area contributed by atoms with E-state index in [1.807, 2.05) is 33.8 Å². The summed E-state index contributed by atoms with van der Waals surface area (Å²) in [6.07, 6.45) is 0. The summed E-state index contributed by atoms with van der Waals surface area (Å²) in [4.78, 5) is 29.2. The van der Waals surface area contributed by atoms with Crippen molar-refractivity contribution in [1.29, 1.82) is 0 Å². The monoisotopic (exact) mass is 317 g/mol. The number of carbonyl (C=O) groups excluding carboxylic acids is 1. The van der Waals surface area contributed by atoms with E-state index >= 15 is 0 Å². The van der Waals surface area contributed by atoms with Crippen molar-refractivity contribution in [3.63, 3.8) is 0 Å². The van der Waals surface area contributed by atoms with Crippen LogP contribution in [0.2, 0.25) is 0 Å². The van der Waals surface area contributed by atoms with Crippen LogP contribution in [-0.4, -0.2) is 31.3 Å². The fourth-order valence-corrected chi connectivity index (χ4v) is 2.39. The van der Waals surface area contributed by atoms with E-state index in [0.717, 1.165) is 11.4 Å². The van der Waals surface area contributed by atoms with Crippen LogP contribution < -0.4 is 10.9 Å². The van der Waals surface area contributed by atoms with Gasteiger partial charge in [-0.15, -0.1) is 0 Å². The summed E-state index contributed by atoms with van der Waals surface area (Å²) in [6, 6.07) is 1.91. The number of carbonyl (C=O) groups is 1. The number of aromatic nitrogens is 4. The highest BCUT2D eigenvalue weighted by Crippen LogP contribution is 2.11. The standard InChI is InChI=1S/C16H23N5O2/c1-9(2)17-14(22)8-20-15(23)12(5)13(6)18-16(20)21-11(4)7-10(3)19-21/h7,9H,8H2,1-6H3,(H,17,22). The van der Waals surface area contributed by atoms with Crippen molar-refractivity contribution in [2.24, 2.45) is 0 Å². The van der Waals surface area contributed by atoms with Crippen molar-refractivity contribution < 1.29 is 4.79 Å². The van der Waals surface area contributed by atoms with Gasteiger partial charge in [-0.05, 0) is 47.6 Å². The Balaban J connectivity index is 2.59. The normalized spacial score (nSPS) is 11.1. The third-order valence-corrected chi connectivity index (χ3v) is 3.57. The molecule has 2 aromatic heterocycles. The topological polar surface area (TPSA) is 81.8 Å². The molecule has 7 nitrogen and oxygen atoms in total. The van der Waals surface area contributed by atoms with Gasteiger partial charge in [-0.3, -0.25) is 14.2 Å². The highest BCUT2D eigenvalue weighted by atomic mass is 16.2. The average molecular weight is 317 g/mol. The van der Waals surface area contributed by atoms with Crippen LogP contribution in [-0.2, 0) is 11.3 Å². The Morgan fingerprint density at radius 2 is 1.91 bits per heavy atom. The quantitative estimate of drug-likeness (QED) is 0.918. The van der Waals surface area contributed by atoms with Gasteiger partial charge in [-0.1, -0.05) is 0 Å². The molecule has 0 unspecified atom stereocenters. The van der Waals surface area contributed by atoms with Crippen LogP contribution in [0.4, 0.5) is 0 Å². The largest absolute Gasteiger partial charge is 0.352 e. The summed E-state index contributed by atoms with van der Waals surface area (Å²) in [5.41, 5.74) is 2.63. The van der Waals surface area contributed by atoms with Crippen LogP contribution in [0.3, 0.4) is 0 Å². The minimum Gasteiger partial charge on any atom is -0.352 e. The maximum atomic E-state index is 12.6. The second-order valence-electron chi connectivity index (χ2n) is 6.07. The van der Waals surface area contributed by atoms with Crippen molar-refractivity contribution in [3.8, 4) is 5.95 Å². The smallest absolute Gasteiger partial charge is 0.258 e. The summed E-state index contributed by atoms with van der Waals surface area (Å²) in [5.74, 6) is 0.137. The van der Waals surface area contributed by atoms with E-state index < -0.39 is 0 Å². The van der Waals surface area contributed by atoms with Gasteiger partial charge < -0.3 is 5.32 Å². The van der Waals surface area contributed by atoms with Crippen molar-refractivity contribution in [2.45, 2.75) is 54.1 Å². The van der Waals surface area contributed by atoms with Crippen molar-refractivity contribution in [1.82, 2.24) is 24.6 Å². The third-order valence-electron chi connectivity index (χ3n) is 3.57. The molecule has 7 heteroatoms. The Kier molecular flexibility index (Phi) is 4.68. The molecule has 0 aliphatic carbocycles. The van der Waals surface area contributed by atoms with Crippen LogP contribution >= 0.6 is 0 Å². The number of amides is 1. The summed E-state index contributed by atoms with van der Waals surface area (Å²) >= 11 is 0. The molecule has 2 aromatic rings. The molecule has 0 aromatic carbocycles. The van der Waals surface area contributed by atoms with E-state index in [1.54, 1.807) is 18.5 Å². The fourth-order valence-electron chi connectivity index (χ4n) is 2.39. The molecule has 2 heterocycles. The first-order chi connectivity index (χ1) is 10.7. The Morgan fingerprint density at radius 3 is 2.43 bits per heavy atom. The molecule has 1 amide bonds. The maximum absolute atomic E-state index is 12.6. The van der Waals surface area contributed by atoms with Gasteiger partial charge in [-0.25, -0.2) is 9.67 Å². The molecule has 0 aliphatic rings. The molecule has 1 N–H and O–H groups in total. The number of hydrogen-bond acceptors (Lipinski definition) is 4. The van der Waals surface area contributed by atoms with Gasteiger partial charge in [0.25, 0.3) is 5.56 Å². The number of aryl methyl sites for hydroxylation is 3. The number of rotatable bonds is 4. The van der Waals surface area contributed by atoms with E-state index in [-0.39, 0.29) is 24.1 Å². The molecule has 0 saturated carbocycles. The second kappa shape index (κ2) is 6.36. The summed E-state index contributed by atoms with van der Waals surface area (Å²) in [5, 5.41) is 7.18. The van der Waals surface area contributed by atoms with Gasteiger partial charge in [-0.2, -0.15) is 5.10 Å². The Morgan fingerprint density at radius 1 is 1.26 bits per heavy atom. The molecule has 2 rings (SSSR count). The Bertz CT molecular complexity index is 802. The highest BCUT2D eigenvalue weighted by Gasteiger charge is 2.18. The predicted octanol–water partition coefficient (Wildman–Crippen LogP) is 1.19. The highest BCUT2D eigenvalue weighted by molar-refractivity contribution is 5.76. The first kappa shape index (κ1) is 16.9. The van der Waals surface area contributed by atoms with E-state index in [0.29, 0.717) is 17.2 Å². The van der Waals surface area contributed by atoms with Crippen LogP contribution in [0.15, 0.2) is 10.9 Å². The summed E-state index contributed by atoms with van der Waals surface area (Å²) < 4.78 is 2.98. The second-order valence-corrected chi connectivity index (χ2v) is 6.07. The lowest BCUT2D eigenvalue weighted by molar-refractivity contribution is -0.122. The zero-order chi connectivity index (χ0) is 17.3. The number of nitrogens with one attached hydrogen (secondary N) is 1. The summed E-state index contributed by atoms with van der Waals surface area (Å²) in [6.45, 7) is 10.9. The molecule has 0 atom stereocenters. The Labute approximate surface area is 135 Å². The lowest BCUT2D eigenvalue weighted by Crippen LogP contribution is -2.38. The molecule has 23 heavy (non-hydrogen) atoms. The number of hydrogen-bond donors (Lipinski definition) is 1. The van der Waals surface area contributed by atoms with Crippen LogP contribution in [0.1, 0.15) is 36.5 Å². The van der Waals surface area contributed by atoms with Crippen LogP contribution in [0, 0.1) is 27.7 Å². The molecule has 0 saturated heterocycles. The minimum absolute atomic E-state index is 0.00911. The van der Waals surface area contributed by atoms with E-state index in [4.69, 9.17) is 0 Å². The zero-order valence-electron chi connectivity index (χ0n) is 14.5. The van der Waals surface area contributed by atoms with Crippen molar-refractivity contribution in [2.75, 3.05) is 0 Å². The Hall–Kier alpha value is -2.44. The number of nitrogens with zero attached hydrogens (tertiary/aromatic N) is 4. The van der Waals surface area contributed by atoms with Crippen molar-refractivity contribution in [3.05, 3.63) is 39.1 Å². The molecule has 0 aliphatic heterocycles. The average Bonchev–Trinajstić information content (AvgIpc) is 2.77. The third kappa shape index (κ3) is 3.49. The first-order valence-corrected chi connectivity index (χ1v) is 7.61. The zero-order valence-corrected chi connectivity index (χ0v) is 14.5. The van der Waals surface area contributed by atoms with Gasteiger partial charge >= 0.3 is 0 Å². The molecular formula is C16H23N5O2. The molecular weight excluding hydrogens is 294 g/mol. The van der Waals surface area contributed by atoms with E-state index in [1.165, 1.54) is 4.57 Å². The molecule has 0 spiro atoms. The minimum atomic E-state index is -0.227. The predicted molar refractivity (Wildman–Crippen MR) is 87.8 cm³/mol. The lowest BCUT2D eigenvalue weighted by Gasteiger charge is -2.16. The molecule has 0 bridgehead atoms. The van der Waals surface area contributed by atoms with Gasteiger partial charge in [0.2, 0.25) is 11.9 Å². The molecule has 124 valence electrons. The molecule has 0 fully saturated rings. The SMILES string of the molecule is Cc1cc(C)n(-c2nc(C)c(C)c(=O)n2CC(=O)NC(C)C)n1. The van der Waals surface area contributed by atoms with Gasteiger partial charge in [0.1, 0.15) is 6.54 Å². The van der Waals surface area contributed by atoms with Gasteiger partial charge in [0, 0.05) is 23.0 Å². The van der Waals surface area contributed by atoms with Crippen LogP contribution in [0.25, 0.3) is 5.95 Å². The molecule has 0 radical (unpaired) electrons. The van der Waals surface area contributed by atoms with Gasteiger partial charge in [0.15, 0.2) is 0 Å². The summed E-state index contributed by atoms with van der Waals surface area (Å²) in [7, 11) is 0. The lowest BCUT2D eigenvalue weighted by atomic mass is 10.2. The van der Waals surface area contributed by atoms with Crippen molar-refractivity contribution >= 4 is 5.91 Å². The van der Waals surface area contributed by atoms with Gasteiger partial charge in [0.05, 0.1) is 5.69 Å². The van der Waals surface area contributed by atoms with E-state index in [9.17, 15) is 9.59 Å². The van der Waals surface area contributed by atoms with E-state index in [2.05, 4.69) is 15.4 Å². The maximum Gasteiger partial charge on any atom is 0.258 e. The first-order valence-electron chi connectivity index (χ1n) is 7.61.